The molecule has 1 amide bonds. The van der Waals surface area contributed by atoms with Crippen LogP contribution in [0.25, 0.3) is 0 Å². The topological polar surface area (TPSA) is 29.1 Å². The van der Waals surface area contributed by atoms with Crippen molar-refractivity contribution in [1.29, 1.82) is 0 Å². The molecule has 0 heterocycles. The summed E-state index contributed by atoms with van der Waals surface area (Å²) in [7, 11) is 0. The minimum Gasteiger partial charge on any atom is -0.352 e. The highest BCUT2D eigenvalue weighted by molar-refractivity contribution is 5.91. The molecule has 0 aromatic heterocycles. The van der Waals surface area contributed by atoms with E-state index in [4.69, 9.17) is 0 Å². The molecule has 0 radical (unpaired) electrons. The summed E-state index contributed by atoms with van der Waals surface area (Å²) in [5.41, 5.74) is 6.26. The first-order valence-corrected chi connectivity index (χ1v) is 9.03. The van der Waals surface area contributed by atoms with Gasteiger partial charge in [0.05, 0.1) is 5.41 Å². The van der Waals surface area contributed by atoms with Crippen LogP contribution in [-0.4, -0.2) is 11.9 Å². The average Bonchev–Trinajstić information content (AvgIpc) is 3.36. The molecule has 0 spiro atoms. The zero-order valence-corrected chi connectivity index (χ0v) is 14.6. The van der Waals surface area contributed by atoms with Crippen molar-refractivity contribution in [2.45, 2.75) is 57.4 Å². The summed E-state index contributed by atoms with van der Waals surface area (Å²) in [5.74, 6) is 0.233. The van der Waals surface area contributed by atoms with Crippen LogP contribution in [-0.2, 0) is 23.1 Å². The quantitative estimate of drug-likeness (QED) is 0.910. The molecule has 4 rings (SSSR count). The fourth-order valence-electron chi connectivity index (χ4n) is 4.17. The molecule has 2 nitrogen and oxygen atoms in total. The van der Waals surface area contributed by atoms with E-state index < -0.39 is 0 Å². The van der Waals surface area contributed by atoms with Gasteiger partial charge in [-0.15, -0.1) is 0 Å². The Labute approximate surface area is 144 Å². The fourth-order valence-corrected chi connectivity index (χ4v) is 4.17. The number of rotatable bonds is 3. The Morgan fingerprint density at radius 1 is 1.04 bits per heavy atom. The van der Waals surface area contributed by atoms with Crippen molar-refractivity contribution in [3.05, 3.63) is 70.3 Å². The minimum atomic E-state index is -0.270. The number of amides is 1. The summed E-state index contributed by atoms with van der Waals surface area (Å²) < 4.78 is 0. The van der Waals surface area contributed by atoms with Gasteiger partial charge in [0.2, 0.25) is 5.91 Å². The van der Waals surface area contributed by atoms with E-state index in [0.717, 1.165) is 32.1 Å². The zero-order valence-electron chi connectivity index (χ0n) is 14.6. The number of carbonyl (C=O) groups excluding carboxylic acids is 1. The van der Waals surface area contributed by atoms with Gasteiger partial charge < -0.3 is 5.32 Å². The monoisotopic (exact) mass is 319 g/mol. The van der Waals surface area contributed by atoms with Crippen molar-refractivity contribution in [1.82, 2.24) is 5.32 Å². The van der Waals surface area contributed by atoms with Gasteiger partial charge in [-0.25, -0.2) is 0 Å². The second-order valence-electron chi connectivity index (χ2n) is 7.64. The molecule has 24 heavy (non-hydrogen) atoms. The lowest BCUT2D eigenvalue weighted by atomic mass is 9.87. The Hall–Kier alpha value is -2.09. The third-order valence-electron chi connectivity index (χ3n) is 5.64. The van der Waals surface area contributed by atoms with Crippen LogP contribution in [0.5, 0.6) is 0 Å². The Balaban J connectivity index is 1.51. The number of benzene rings is 2. The van der Waals surface area contributed by atoms with Crippen molar-refractivity contribution in [2.24, 2.45) is 0 Å². The number of hydrogen-bond donors (Lipinski definition) is 1. The van der Waals surface area contributed by atoms with E-state index in [0.29, 0.717) is 0 Å². The van der Waals surface area contributed by atoms with E-state index >= 15 is 0 Å². The van der Waals surface area contributed by atoms with Crippen LogP contribution in [0.4, 0.5) is 0 Å². The van der Waals surface area contributed by atoms with Gasteiger partial charge in [-0.2, -0.15) is 0 Å². The predicted octanol–water partition coefficient (Wildman–Crippen LogP) is 4.01. The van der Waals surface area contributed by atoms with Gasteiger partial charge in [0.15, 0.2) is 0 Å². The van der Waals surface area contributed by atoms with E-state index in [-0.39, 0.29) is 17.4 Å². The molecule has 2 heteroatoms. The van der Waals surface area contributed by atoms with Crippen molar-refractivity contribution in [3.8, 4) is 0 Å². The molecule has 1 atom stereocenters. The Morgan fingerprint density at radius 3 is 2.38 bits per heavy atom. The fraction of sp³-hybridized carbons (Fsp3) is 0.409. The lowest BCUT2D eigenvalue weighted by molar-refractivity contribution is -0.124. The molecule has 1 unspecified atom stereocenters. The van der Waals surface area contributed by atoms with E-state index in [1.54, 1.807) is 0 Å². The average molecular weight is 319 g/mol. The van der Waals surface area contributed by atoms with Crippen LogP contribution < -0.4 is 5.32 Å². The Morgan fingerprint density at radius 2 is 1.71 bits per heavy atom. The summed E-state index contributed by atoms with van der Waals surface area (Å²) in [5, 5.41) is 3.36. The smallest absolute Gasteiger partial charge is 0.230 e. The zero-order chi connectivity index (χ0) is 16.7. The van der Waals surface area contributed by atoms with Crippen LogP contribution in [0.3, 0.4) is 0 Å². The van der Waals surface area contributed by atoms with Gasteiger partial charge in [0, 0.05) is 6.04 Å². The molecule has 1 fully saturated rings. The molecule has 0 bridgehead atoms. The van der Waals surface area contributed by atoms with Crippen molar-refractivity contribution in [2.75, 3.05) is 0 Å². The maximum Gasteiger partial charge on any atom is 0.230 e. The number of fused-ring (bicyclic) bond motifs is 1. The van der Waals surface area contributed by atoms with E-state index in [1.807, 2.05) is 0 Å². The van der Waals surface area contributed by atoms with E-state index in [1.165, 1.54) is 27.8 Å². The summed E-state index contributed by atoms with van der Waals surface area (Å²) in [6, 6.07) is 15.4. The van der Waals surface area contributed by atoms with Gasteiger partial charge >= 0.3 is 0 Å². The highest BCUT2D eigenvalue weighted by atomic mass is 16.2. The van der Waals surface area contributed by atoms with Crippen LogP contribution in [0.1, 0.15) is 47.1 Å². The molecule has 0 aliphatic heterocycles. The largest absolute Gasteiger partial charge is 0.352 e. The third kappa shape index (κ3) is 2.75. The van der Waals surface area contributed by atoms with Gasteiger partial charge in [-0.1, -0.05) is 53.6 Å². The molecule has 124 valence electrons. The molecular weight excluding hydrogens is 294 g/mol. The normalized spacial score (nSPS) is 21.0. The van der Waals surface area contributed by atoms with Crippen LogP contribution in [0, 0.1) is 13.8 Å². The van der Waals surface area contributed by atoms with E-state index in [9.17, 15) is 4.79 Å². The highest BCUT2D eigenvalue weighted by Crippen LogP contribution is 2.49. The number of hydrogen-bond acceptors (Lipinski definition) is 1. The Bertz CT molecular complexity index is 768. The van der Waals surface area contributed by atoms with Crippen molar-refractivity contribution in [3.63, 3.8) is 0 Å². The van der Waals surface area contributed by atoms with Crippen molar-refractivity contribution < 1.29 is 4.79 Å². The molecule has 2 aromatic rings. The lowest BCUT2D eigenvalue weighted by Crippen LogP contribution is -2.44. The first-order chi connectivity index (χ1) is 11.6. The summed E-state index contributed by atoms with van der Waals surface area (Å²) >= 11 is 0. The Kier molecular flexibility index (Phi) is 3.71. The van der Waals surface area contributed by atoms with Crippen LogP contribution in [0.15, 0.2) is 42.5 Å². The molecule has 2 aliphatic rings. The summed E-state index contributed by atoms with van der Waals surface area (Å²) in [6.45, 7) is 4.23. The second-order valence-corrected chi connectivity index (χ2v) is 7.64. The first-order valence-electron chi connectivity index (χ1n) is 9.03. The van der Waals surface area contributed by atoms with E-state index in [2.05, 4.69) is 61.6 Å². The first kappa shape index (κ1) is 15.4. The molecule has 2 aliphatic carbocycles. The number of nitrogens with one attached hydrogen (secondary N) is 1. The van der Waals surface area contributed by atoms with Gasteiger partial charge in [0.1, 0.15) is 0 Å². The minimum absolute atomic E-state index is 0.233. The standard InChI is InChI=1S/C22H25NO/c1-15-11-16(2)13-19(12-15)22(9-10-22)21(24)23-20-8-7-17-5-3-4-6-18(17)14-20/h3-6,11-13,20H,7-10,14H2,1-2H3,(H,23,24). The maximum absolute atomic E-state index is 13.0. The molecule has 2 aromatic carbocycles. The highest BCUT2D eigenvalue weighted by Gasteiger charge is 2.51. The number of aryl methyl sites for hydroxylation is 3. The summed E-state index contributed by atoms with van der Waals surface area (Å²) in [6.07, 6.45) is 5.03. The maximum atomic E-state index is 13.0. The molecule has 0 saturated heterocycles. The SMILES string of the molecule is Cc1cc(C)cc(C2(C(=O)NC3CCc4ccccc4C3)CC2)c1. The van der Waals surface area contributed by atoms with Crippen LogP contribution >= 0.6 is 0 Å². The predicted molar refractivity (Wildman–Crippen MR) is 97.2 cm³/mol. The molecule has 1 saturated carbocycles. The third-order valence-corrected chi connectivity index (χ3v) is 5.64. The van der Waals surface area contributed by atoms with Gasteiger partial charge in [0.25, 0.3) is 0 Å². The van der Waals surface area contributed by atoms with Crippen LogP contribution in [0.2, 0.25) is 0 Å². The molecule has 1 N–H and O–H groups in total. The van der Waals surface area contributed by atoms with Gasteiger partial charge in [-0.3, -0.25) is 4.79 Å². The second kappa shape index (κ2) is 5.77. The lowest BCUT2D eigenvalue weighted by Gasteiger charge is -2.27. The van der Waals surface area contributed by atoms with Crippen molar-refractivity contribution >= 4 is 5.91 Å². The summed E-state index contributed by atoms with van der Waals surface area (Å²) in [4.78, 5) is 13.0. The van der Waals surface area contributed by atoms with Gasteiger partial charge in [-0.05, 0) is 62.6 Å². The number of carbonyl (C=O) groups is 1. The molecular formula is C22H25NO.